The second-order valence-corrected chi connectivity index (χ2v) is 14.0. The second kappa shape index (κ2) is 13.5. The lowest BCUT2D eigenvalue weighted by Gasteiger charge is -2.34. The van der Waals surface area contributed by atoms with Gasteiger partial charge < -0.3 is 28.4 Å². The van der Waals surface area contributed by atoms with Crippen molar-refractivity contribution >= 4 is 49.8 Å². The van der Waals surface area contributed by atoms with Gasteiger partial charge in [-0.05, 0) is 70.5 Å². The topological polar surface area (TPSA) is 147 Å². The molecule has 2 heterocycles. The van der Waals surface area contributed by atoms with Gasteiger partial charge in [0.25, 0.3) is 5.91 Å². The van der Waals surface area contributed by atoms with Crippen LogP contribution in [0.15, 0.2) is 51.5 Å². The number of fused-ring (bicyclic) bond motifs is 1. The summed E-state index contributed by atoms with van der Waals surface area (Å²) in [6.07, 6.45) is 1.05. The van der Waals surface area contributed by atoms with Crippen molar-refractivity contribution in [3.8, 4) is 28.7 Å². The minimum atomic E-state index is -4.34. The van der Waals surface area contributed by atoms with E-state index in [0.29, 0.717) is 27.1 Å². The molecule has 0 saturated carbocycles. The van der Waals surface area contributed by atoms with Gasteiger partial charge in [0.2, 0.25) is 18.6 Å². The average Bonchev–Trinajstić information content (AvgIpc) is 3.49. The summed E-state index contributed by atoms with van der Waals surface area (Å²) in [6, 6.07) is 8.06. The zero-order chi connectivity index (χ0) is 35.1. The number of benzene rings is 3. The van der Waals surface area contributed by atoms with Crippen molar-refractivity contribution < 1.29 is 45.9 Å². The molecule has 5 rings (SSSR count). The predicted octanol–water partition coefficient (Wildman–Crippen LogP) is 5.12. The van der Waals surface area contributed by atoms with Gasteiger partial charge in [-0.1, -0.05) is 33.6 Å². The van der Waals surface area contributed by atoms with Crippen LogP contribution in [-0.4, -0.2) is 57.1 Å². The lowest BCUT2D eigenvalue weighted by atomic mass is 9.98. The number of hydrogen-bond acceptors (Lipinski definition) is 10. The number of imide groups is 1. The van der Waals surface area contributed by atoms with Gasteiger partial charge in [-0.2, -0.15) is 8.42 Å². The molecule has 1 fully saturated rings. The molecular weight excluding hydrogens is 708 g/mol. The number of aryl methyl sites for hydroxylation is 1. The highest BCUT2D eigenvalue weighted by Crippen LogP contribution is 2.45. The molecule has 0 aliphatic carbocycles. The van der Waals surface area contributed by atoms with Crippen LogP contribution in [0.1, 0.15) is 48.6 Å². The maximum Gasteiger partial charge on any atom is 0.339 e. The molecule has 0 bridgehead atoms. The number of methoxy groups -OCH3 is 1. The van der Waals surface area contributed by atoms with E-state index in [4.69, 9.17) is 23.1 Å². The monoisotopic (exact) mass is 742 g/mol. The van der Waals surface area contributed by atoms with E-state index < -0.39 is 33.9 Å². The molecule has 254 valence electrons. The van der Waals surface area contributed by atoms with Crippen molar-refractivity contribution in [3.05, 3.63) is 74.4 Å². The van der Waals surface area contributed by atoms with Crippen molar-refractivity contribution in [2.45, 2.75) is 65.0 Å². The summed E-state index contributed by atoms with van der Waals surface area (Å²) in [7, 11) is -2.81. The van der Waals surface area contributed by atoms with Crippen LogP contribution in [0, 0.1) is 20.8 Å². The van der Waals surface area contributed by atoms with Gasteiger partial charge in [0.15, 0.2) is 28.7 Å². The number of hydrogen-bond donors (Lipinski definition) is 1. The molecule has 14 heteroatoms. The molecule has 3 aromatic rings. The molecule has 0 radical (unpaired) electrons. The largest absolute Gasteiger partial charge is 0.493 e. The minimum absolute atomic E-state index is 0.0312. The summed E-state index contributed by atoms with van der Waals surface area (Å²) >= 11 is 3.58. The first-order valence-electron chi connectivity index (χ1n) is 15.0. The summed E-state index contributed by atoms with van der Waals surface area (Å²) < 4.78 is 55.5. The van der Waals surface area contributed by atoms with E-state index >= 15 is 0 Å². The van der Waals surface area contributed by atoms with Gasteiger partial charge in [0.1, 0.15) is 16.6 Å². The quantitative estimate of drug-likeness (QED) is 0.231. The van der Waals surface area contributed by atoms with Gasteiger partial charge in [-0.25, -0.2) is 0 Å². The van der Waals surface area contributed by atoms with Gasteiger partial charge in [0, 0.05) is 34.5 Å². The third-order valence-electron chi connectivity index (χ3n) is 7.80. The van der Waals surface area contributed by atoms with Gasteiger partial charge in [-0.15, -0.1) is 0 Å². The first-order chi connectivity index (χ1) is 22.6. The lowest BCUT2D eigenvalue weighted by molar-refractivity contribution is -0.152. The molecule has 12 nitrogen and oxygen atoms in total. The van der Waals surface area contributed by atoms with Crippen LogP contribution in [0.4, 0.5) is 0 Å². The number of amides is 3. The molecule has 3 aromatic carbocycles. The average molecular weight is 744 g/mol. The smallest absolute Gasteiger partial charge is 0.339 e. The highest BCUT2D eigenvalue weighted by Gasteiger charge is 2.41. The van der Waals surface area contributed by atoms with Crippen molar-refractivity contribution in [2.24, 2.45) is 0 Å². The maximum atomic E-state index is 13.9. The third kappa shape index (κ3) is 6.72. The van der Waals surface area contributed by atoms with Crippen LogP contribution in [0.25, 0.3) is 6.08 Å². The molecule has 0 aromatic heterocycles. The first-order valence-corrected chi connectivity index (χ1v) is 17.2. The van der Waals surface area contributed by atoms with E-state index in [1.807, 2.05) is 27.7 Å². The molecule has 1 saturated heterocycles. The summed E-state index contributed by atoms with van der Waals surface area (Å²) in [6.45, 7) is 10.0. The van der Waals surface area contributed by atoms with Crippen molar-refractivity contribution in [2.75, 3.05) is 13.9 Å². The molecule has 0 spiro atoms. The molecule has 1 N–H and O–H groups in total. The number of nitrogens with zero attached hydrogens (tertiary/aromatic N) is 1. The maximum absolute atomic E-state index is 13.9. The molecular formula is C34H35BrN2O10S. The molecule has 1 unspecified atom stereocenters. The predicted molar refractivity (Wildman–Crippen MR) is 179 cm³/mol. The van der Waals surface area contributed by atoms with E-state index in [1.165, 1.54) is 38.3 Å². The Bertz CT molecular complexity index is 1960. The molecule has 2 aliphatic rings. The molecule has 2 aliphatic heterocycles. The van der Waals surface area contributed by atoms with Crippen LogP contribution in [0.3, 0.4) is 0 Å². The molecule has 1 atom stereocenters. The van der Waals surface area contributed by atoms with Crippen molar-refractivity contribution in [1.82, 2.24) is 10.2 Å². The Labute approximate surface area is 287 Å². The fourth-order valence-corrected chi connectivity index (χ4v) is 6.98. The summed E-state index contributed by atoms with van der Waals surface area (Å²) in [5.41, 5.74) is 2.31. The summed E-state index contributed by atoms with van der Waals surface area (Å²) in [5, 5.41) is 2.62. The van der Waals surface area contributed by atoms with Crippen LogP contribution in [0.2, 0.25) is 0 Å². The number of nitrogens with one attached hydrogen (secondary N) is 1. The number of carbonyl (C=O) groups is 3. The Balaban J connectivity index is 1.54. The third-order valence-corrected chi connectivity index (χ3v) is 10.1. The number of halogens is 1. The number of rotatable bonds is 9. The Morgan fingerprint density at radius 2 is 1.77 bits per heavy atom. The SMILES string of the molecule is COc1c(OC(C)C)cc(CC2C(=O)N/C(=C/c3cc4c(c(C)c3OS(=O)(=O)c3ccc(C)cc3)OCO4)C(=O)N2C(C)=O)c(Br)c1C. The second-order valence-electron chi connectivity index (χ2n) is 11.6. The lowest BCUT2D eigenvalue weighted by Crippen LogP contribution is -2.59. The Morgan fingerprint density at radius 1 is 1.08 bits per heavy atom. The Kier molecular flexibility index (Phi) is 9.79. The van der Waals surface area contributed by atoms with E-state index in [0.717, 1.165) is 16.0 Å². The van der Waals surface area contributed by atoms with Gasteiger partial charge in [0.05, 0.1) is 13.2 Å². The van der Waals surface area contributed by atoms with Gasteiger partial charge >= 0.3 is 10.1 Å². The number of ether oxygens (including phenoxy) is 4. The number of piperazine rings is 1. The van der Waals surface area contributed by atoms with E-state index in [1.54, 1.807) is 25.1 Å². The Hall–Kier alpha value is -4.56. The minimum Gasteiger partial charge on any atom is -0.493 e. The highest BCUT2D eigenvalue weighted by molar-refractivity contribution is 9.10. The standard InChI is InChI=1S/C34H35BrN2O10S/c1-17(2)46-28-14-22(29(35)19(4)31(28)43-7)13-26-33(39)36-25(34(40)37(26)21(6)38)12-23-15-27-32(45-16-44-27)20(5)30(23)47-48(41,42)24-10-8-18(3)9-11-24/h8-12,14-15,17,26H,13,16H2,1-7H3,(H,36,39)/b25-12+. The van der Waals surface area contributed by atoms with Crippen LogP contribution in [-0.2, 0) is 30.9 Å². The fraction of sp³-hybridized carbons (Fsp3) is 0.324. The van der Waals surface area contributed by atoms with Gasteiger partial charge in [-0.3, -0.25) is 19.3 Å². The first kappa shape index (κ1) is 34.8. The van der Waals surface area contributed by atoms with Crippen LogP contribution >= 0.6 is 15.9 Å². The van der Waals surface area contributed by atoms with Crippen LogP contribution < -0.4 is 28.4 Å². The Morgan fingerprint density at radius 3 is 2.40 bits per heavy atom. The fourth-order valence-electron chi connectivity index (χ4n) is 5.52. The van der Waals surface area contributed by atoms with E-state index in [2.05, 4.69) is 21.2 Å². The zero-order valence-electron chi connectivity index (χ0n) is 27.4. The number of carbonyl (C=O) groups excluding carboxylic acids is 3. The highest BCUT2D eigenvalue weighted by atomic mass is 79.9. The van der Waals surface area contributed by atoms with Crippen LogP contribution in [0.5, 0.6) is 28.7 Å². The summed E-state index contributed by atoms with van der Waals surface area (Å²) in [5.74, 6) is -0.700. The van der Waals surface area contributed by atoms with E-state index in [9.17, 15) is 22.8 Å². The normalized spacial score (nSPS) is 16.7. The summed E-state index contributed by atoms with van der Waals surface area (Å²) in [4.78, 5) is 41.3. The van der Waals surface area contributed by atoms with E-state index in [-0.39, 0.29) is 52.7 Å². The van der Waals surface area contributed by atoms with Crippen molar-refractivity contribution in [3.63, 3.8) is 0 Å². The zero-order valence-corrected chi connectivity index (χ0v) is 29.8. The molecule has 3 amide bonds. The molecule has 48 heavy (non-hydrogen) atoms. The van der Waals surface area contributed by atoms with Crippen molar-refractivity contribution in [1.29, 1.82) is 0 Å².